The number of hydrogen-bond donors (Lipinski definition) is 1. The van der Waals surface area contributed by atoms with Gasteiger partial charge in [-0.1, -0.05) is 13.8 Å². The first-order valence-corrected chi connectivity index (χ1v) is 7.50. The SMILES string of the molecule is CCCNC1CCN(CC2CCN(CC)C2)C1. The Morgan fingerprint density at radius 1 is 1.06 bits per heavy atom. The van der Waals surface area contributed by atoms with Crippen LogP contribution in [0, 0.1) is 5.92 Å². The van der Waals surface area contributed by atoms with Gasteiger partial charge in [-0.2, -0.15) is 0 Å². The Morgan fingerprint density at radius 3 is 2.59 bits per heavy atom. The lowest BCUT2D eigenvalue weighted by atomic mass is 10.1. The number of rotatable bonds is 6. The molecule has 3 nitrogen and oxygen atoms in total. The highest BCUT2D eigenvalue weighted by molar-refractivity contribution is 4.84. The summed E-state index contributed by atoms with van der Waals surface area (Å²) in [5.41, 5.74) is 0. The Hall–Kier alpha value is -0.120. The molecular weight excluding hydrogens is 210 g/mol. The van der Waals surface area contributed by atoms with E-state index in [1.165, 1.54) is 65.1 Å². The van der Waals surface area contributed by atoms with Gasteiger partial charge in [0, 0.05) is 25.7 Å². The van der Waals surface area contributed by atoms with Crippen molar-refractivity contribution in [2.45, 2.75) is 39.2 Å². The van der Waals surface area contributed by atoms with E-state index in [1.807, 2.05) is 0 Å². The zero-order chi connectivity index (χ0) is 12.1. The molecule has 0 spiro atoms. The molecule has 2 saturated heterocycles. The normalized spacial score (nSPS) is 31.4. The molecule has 3 heteroatoms. The molecule has 2 rings (SSSR count). The van der Waals surface area contributed by atoms with Gasteiger partial charge in [0.05, 0.1) is 0 Å². The maximum absolute atomic E-state index is 3.65. The molecule has 0 saturated carbocycles. The molecular formula is C14H29N3. The van der Waals surface area contributed by atoms with Crippen molar-refractivity contribution in [3.63, 3.8) is 0 Å². The van der Waals surface area contributed by atoms with Gasteiger partial charge in [-0.05, 0) is 51.4 Å². The zero-order valence-electron chi connectivity index (χ0n) is 11.6. The second kappa shape index (κ2) is 6.72. The summed E-state index contributed by atoms with van der Waals surface area (Å²) in [6.45, 7) is 13.5. The van der Waals surface area contributed by atoms with Crippen molar-refractivity contribution in [3.05, 3.63) is 0 Å². The van der Waals surface area contributed by atoms with E-state index in [0.29, 0.717) is 0 Å². The minimum Gasteiger partial charge on any atom is -0.313 e. The van der Waals surface area contributed by atoms with Crippen LogP contribution in [0.4, 0.5) is 0 Å². The Kier molecular flexibility index (Phi) is 5.26. The molecule has 0 aromatic heterocycles. The van der Waals surface area contributed by atoms with E-state index in [4.69, 9.17) is 0 Å². The lowest BCUT2D eigenvalue weighted by Crippen LogP contribution is -2.35. The van der Waals surface area contributed by atoms with E-state index in [1.54, 1.807) is 0 Å². The third kappa shape index (κ3) is 3.94. The number of likely N-dealkylation sites (tertiary alicyclic amines) is 2. The van der Waals surface area contributed by atoms with Crippen LogP contribution in [0.2, 0.25) is 0 Å². The van der Waals surface area contributed by atoms with Gasteiger partial charge in [0.1, 0.15) is 0 Å². The summed E-state index contributed by atoms with van der Waals surface area (Å²) in [7, 11) is 0. The lowest BCUT2D eigenvalue weighted by molar-refractivity contribution is 0.262. The van der Waals surface area contributed by atoms with Crippen molar-refractivity contribution in [2.24, 2.45) is 5.92 Å². The van der Waals surface area contributed by atoms with E-state index in [0.717, 1.165) is 12.0 Å². The molecule has 0 aromatic rings. The highest BCUT2D eigenvalue weighted by Crippen LogP contribution is 2.19. The van der Waals surface area contributed by atoms with E-state index < -0.39 is 0 Å². The number of hydrogen-bond acceptors (Lipinski definition) is 3. The molecule has 2 aliphatic heterocycles. The average molecular weight is 239 g/mol. The van der Waals surface area contributed by atoms with Crippen LogP contribution in [0.5, 0.6) is 0 Å². The summed E-state index contributed by atoms with van der Waals surface area (Å²) >= 11 is 0. The summed E-state index contributed by atoms with van der Waals surface area (Å²) in [4.78, 5) is 5.27. The van der Waals surface area contributed by atoms with Crippen molar-refractivity contribution in [1.29, 1.82) is 0 Å². The summed E-state index contributed by atoms with van der Waals surface area (Å²) in [6.07, 6.45) is 4.02. The quantitative estimate of drug-likeness (QED) is 0.756. The van der Waals surface area contributed by atoms with Crippen molar-refractivity contribution >= 4 is 0 Å². The fourth-order valence-electron chi connectivity index (χ4n) is 3.23. The van der Waals surface area contributed by atoms with Gasteiger partial charge in [0.2, 0.25) is 0 Å². The molecule has 0 bridgehead atoms. The van der Waals surface area contributed by atoms with Crippen LogP contribution in [0.3, 0.4) is 0 Å². The molecule has 2 fully saturated rings. The highest BCUT2D eigenvalue weighted by Gasteiger charge is 2.27. The first-order chi connectivity index (χ1) is 8.31. The molecule has 2 aliphatic rings. The van der Waals surface area contributed by atoms with Crippen LogP contribution in [-0.4, -0.2) is 61.7 Å². The monoisotopic (exact) mass is 239 g/mol. The minimum atomic E-state index is 0.763. The largest absolute Gasteiger partial charge is 0.313 e. The van der Waals surface area contributed by atoms with Crippen molar-refractivity contribution < 1.29 is 0 Å². The van der Waals surface area contributed by atoms with E-state index in [9.17, 15) is 0 Å². The van der Waals surface area contributed by atoms with Crippen LogP contribution in [-0.2, 0) is 0 Å². The minimum absolute atomic E-state index is 0.763. The van der Waals surface area contributed by atoms with E-state index >= 15 is 0 Å². The first kappa shape index (κ1) is 13.3. The molecule has 0 radical (unpaired) electrons. The third-order valence-corrected chi connectivity index (χ3v) is 4.29. The van der Waals surface area contributed by atoms with E-state index in [2.05, 4.69) is 29.0 Å². The highest BCUT2D eigenvalue weighted by atomic mass is 15.2. The second-order valence-corrected chi connectivity index (χ2v) is 5.75. The van der Waals surface area contributed by atoms with Gasteiger partial charge >= 0.3 is 0 Å². The van der Waals surface area contributed by atoms with Crippen LogP contribution in [0.15, 0.2) is 0 Å². The molecule has 2 unspecified atom stereocenters. The van der Waals surface area contributed by atoms with E-state index in [-0.39, 0.29) is 0 Å². The first-order valence-electron chi connectivity index (χ1n) is 7.50. The molecule has 0 aliphatic carbocycles. The predicted molar refractivity (Wildman–Crippen MR) is 73.4 cm³/mol. The maximum atomic E-state index is 3.65. The third-order valence-electron chi connectivity index (χ3n) is 4.29. The van der Waals surface area contributed by atoms with Gasteiger partial charge in [-0.15, -0.1) is 0 Å². The number of nitrogens with zero attached hydrogens (tertiary/aromatic N) is 2. The van der Waals surface area contributed by atoms with Crippen LogP contribution in [0.25, 0.3) is 0 Å². The predicted octanol–water partition coefficient (Wildman–Crippen LogP) is 1.40. The molecule has 2 atom stereocenters. The molecule has 17 heavy (non-hydrogen) atoms. The topological polar surface area (TPSA) is 18.5 Å². The van der Waals surface area contributed by atoms with Crippen molar-refractivity contribution in [1.82, 2.24) is 15.1 Å². The summed E-state index contributed by atoms with van der Waals surface area (Å²) in [5, 5.41) is 3.65. The summed E-state index contributed by atoms with van der Waals surface area (Å²) in [5.74, 6) is 0.930. The van der Waals surface area contributed by atoms with Crippen LogP contribution in [0.1, 0.15) is 33.1 Å². The van der Waals surface area contributed by atoms with Crippen LogP contribution >= 0.6 is 0 Å². The molecule has 2 heterocycles. The molecule has 1 N–H and O–H groups in total. The Morgan fingerprint density at radius 2 is 1.88 bits per heavy atom. The molecule has 0 amide bonds. The molecule has 100 valence electrons. The summed E-state index contributed by atoms with van der Waals surface area (Å²) in [6, 6.07) is 0.763. The average Bonchev–Trinajstić information content (AvgIpc) is 2.96. The number of nitrogens with one attached hydrogen (secondary N) is 1. The van der Waals surface area contributed by atoms with Crippen molar-refractivity contribution in [2.75, 3.05) is 45.8 Å². The standard InChI is InChI=1S/C14H29N3/c1-3-7-15-14-6-9-17(12-14)11-13-5-8-16(4-2)10-13/h13-15H,3-12H2,1-2H3. The smallest absolute Gasteiger partial charge is 0.0207 e. The van der Waals surface area contributed by atoms with Gasteiger partial charge in [0.15, 0.2) is 0 Å². The Bertz CT molecular complexity index is 220. The summed E-state index contributed by atoms with van der Waals surface area (Å²) < 4.78 is 0. The second-order valence-electron chi connectivity index (χ2n) is 5.75. The Balaban J connectivity index is 1.64. The fraction of sp³-hybridized carbons (Fsp3) is 1.00. The van der Waals surface area contributed by atoms with Crippen molar-refractivity contribution in [3.8, 4) is 0 Å². The van der Waals surface area contributed by atoms with Gasteiger partial charge in [-0.25, -0.2) is 0 Å². The lowest BCUT2D eigenvalue weighted by Gasteiger charge is -2.21. The zero-order valence-corrected chi connectivity index (χ0v) is 11.6. The van der Waals surface area contributed by atoms with Crippen LogP contribution < -0.4 is 5.32 Å². The fourth-order valence-corrected chi connectivity index (χ4v) is 3.23. The van der Waals surface area contributed by atoms with Gasteiger partial charge in [-0.3, -0.25) is 0 Å². The Labute approximate surface area is 107 Å². The van der Waals surface area contributed by atoms with Gasteiger partial charge < -0.3 is 15.1 Å². The molecule has 0 aromatic carbocycles. The van der Waals surface area contributed by atoms with Gasteiger partial charge in [0.25, 0.3) is 0 Å². The maximum Gasteiger partial charge on any atom is 0.0207 e.